The molecule has 1 aromatic carbocycles. The Bertz CT molecular complexity index is 1090. The smallest absolute Gasteiger partial charge is 0.372 e. The van der Waals surface area contributed by atoms with Gasteiger partial charge in [-0.05, 0) is 116 Å². The zero-order valence-corrected chi connectivity index (χ0v) is 25.7. The average Bonchev–Trinajstić information content (AvgIpc) is 3.27. The molecule has 0 spiro atoms. The Hall–Kier alpha value is -1.82. The van der Waals surface area contributed by atoms with Gasteiger partial charge in [-0.3, -0.25) is 10.1 Å². The molecule has 0 radical (unpaired) electrons. The van der Waals surface area contributed by atoms with Crippen LogP contribution in [-0.2, 0) is 0 Å². The highest BCUT2D eigenvalue weighted by Crippen LogP contribution is 2.67. The zero-order valence-electron chi connectivity index (χ0n) is 24.9. The number of fused-ring (bicyclic) bond motifs is 5. The van der Waals surface area contributed by atoms with Crippen molar-refractivity contribution in [2.45, 2.75) is 122 Å². The number of non-ortho nitro benzene ring substituents is 1. The molecule has 5 nitrogen and oxygen atoms in total. The van der Waals surface area contributed by atoms with Crippen LogP contribution in [0.4, 0.5) is 10.5 Å². The summed E-state index contributed by atoms with van der Waals surface area (Å²) >= 11 is 1.30. The van der Waals surface area contributed by atoms with E-state index in [1.165, 1.54) is 113 Å². The summed E-state index contributed by atoms with van der Waals surface area (Å²) in [6, 6.07) is 5.74. The molecule has 3 saturated carbocycles. The Balaban J connectivity index is 1.16. The highest BCUT2D eigenvalue weighted by molar-refractivity contribution is 8.13. The van der Waals surface area contributed by atoms with Crippen molar-refractivity contribution in [2.75, 3.05) is 0 Å². The number of allylic oxidation sites excluding steroid dienone is 2. The van der Waals surface area contributed by atoms with Gasteiger partial charge in [0.2, 0.25) is 0 Å². The molecule has 4 aliphatic carbocycles. The van der Waals surface area contributed by atoms with Crippen molar-refractivity contribution >= 4 is 22.8 Å². The lowest BCUT2D eigenvalue weighted by Crippen LogP contribution is -2.50. The van der Waals surface area contributed by atoms with Crippen LogP contribution in [0, 0.1) is 44.6 Å². The molecule has 0 amide bonds. The van der Waals surface area contributed by atoms with Gasteiger partial charge in [0, 0.05) is 17.4 Å². The molecule has 6 heteroatoms. The Morgan fingerprint density at radius 3 is 2.50 bits per heavy atom. The van der Waals surface area contributed by atoms with Crippen molar-refractivity contribution in [3.05, 3.63) is 46.0 Å². The molecular formula is C34H49NO4S. The Morgan fingerprint density at radius 1 is 1.00 bits per heavy atom. The highest BCUT2D eigenvalue weighted by Gasteiger charge is 2.58. The van der Waals surface area contributed by atoms with E-state index in [-0.39, 0.29) is 21.7 Å². The third kappa shape index (κ3) is 6.03. The fraction of sp³-hybridized carbons (Fsp3) is 0.735. The molecule has 1 aromatic rings. The minimum absolute atomic E-state index is 0.00415. The molecule has 3 fully saturated rings. The maximum atomic E-state index is 12.7. The van der Waals surface area contributed by atoms with E-state index >= 15 is 0 Å². The molecule has 0 heterocycles. The predicted octanol–water partition coefficient (Wildman–Crippen LogP) is 10.5. The number of hydrogen-bond acceptors (Lipinski definition) is 5. The first-order valence-electron chi connectivity index (χ1n) is 16.1. The molecule has 0 N–H and O–H groups in total. The number of carbonyl (C=O) groups is 1. The van der Waals surface area contributed by atoms with E-state index in [1.807, 2.05) is 0 Å². The number of carbonyl (C=O) groups excluding carboxylic acids is 1. The molecule has 7 atom stereocenters. The monoisotopic (exact) mass is 567 g/mol. The fourth-order valence-electron chi connectivity index (χ4n) is 9.37. The fourth-order valence-corrected chi connectivity index (χ4v) is 10.3. The second-order valence-electron chi connectivity index (χ2n) is 13.7. The van der Waals surface area contributed by atoms with Crippen LogP contribution < -0.4 is 4.74 Å². The van der Waals surface area contributed by atoms with Crippen LogP contribution in [0.5, 0.6) is 5.75 Å². The van der Waals surface area contributed by atoms with Crippen LogP contribution in [-0.4, -0.2) is 15.5 Å². The van der Waals surface area contributed by atoms with Crippen LogP contribution in [0.2, 0.25) is 0 Å². The first kappa shape index (κ1) is 29.7. The predicted molar refractivity (Wildman–Crippen MR) is 164 cm³/mol. The maximum Gasteiger partial charge on any atom is 0.372 e. The minimum atomic E-state index is -0.448. The van der Waals surface area contributed by atoms with E-state index in [1.54, 1.807) is 5.57 Å². The zero-order chi connectivity index (χ0) is 28.3. The minimum Gasteiger partial charge on any atom is -0.418 e. The summed E-state index contributed by atoms with van der Waals surface area (Å²) in [5.74, 6) is 3.79. The second-order valence-corrected chi connectivity index (χ2v) is 15.0. The molecule has 0 unspecified atom stereocenters. The number of benzene rings is 1. The van der Waals surface area contributed by atoms with Crippen molar-refractivity contribution in [3.63, 3.8) is 0 Å². The third-order valence-corrected chi connectivity index (χ3v) is 12.7. The number of hydrogen-bond donors (Lipinski definition) is 0. The van der Waals surface area contributed by atoms with Crippen LogP contribution in [0.15, 0.2) is 35.9 Å². The van der Waals surface area contributed by atoms with Crippen LogP contribution in [0.3, 0.4) is 0 Å². The average molecular weight is 568 g/mol. The summed E-state index contributed by atoms with van der Waals surface area (Å²) in [6.45, 7) is 7.50. The van der Waals surface area contributed by atoms with Crippen molar-refractivity contribution in [1.29, 1.82) is 0 Å². The summed E-state index contributed by atoms with van der Waals surface area (Å²) in [5, 5.41) is 10.8. The van der Waals surface area contributed by atoms with E-state index in [0.29, 0.717) is 11.2 Å². The van der Waals surface area contributed by atoms with Gasteiger partial charge in [-0.15, -0.1) is 0 Å². The van der Waals surface area contributed by atoms with Crippen molar-refractivity contribution < 1.29 is 14.5 Å². The topological polar surface area (TPSA) is 69.4 Å². The van der Waals surface area contributed by atoms with Crippen molar-refractivity contribution in [2.24, 2.45) is 34.5 Å². The van der Waals surface area contributed by atoms with Gasteiger partial charge in [-0.1, -0.05) is 70.9 Å². The van der Waals surface area contributed by atoms with E-state index in [4.69, 9.17) is 4.74 Å². The standard InChI is InChI=1S/C34H49NO4S/c1-4-5-6-7-8-9-10-24-12-18-30-29-17-11-25-23-28(19-21-34(25,3)31(29)20-22-33(24,30)2)40-32(36)39-27-15-13-26(14-16-27)35(37)38/h11,13-16,24,28-31H,4-10,12,17-23H2,1-3H3/t24-,28+,29-,30-,31-,33-,34+/m1/s1. The summed E-state index contributed by atoms with van der Waals surface area (Å²) in [6.07, 6.45) is 22.5. The van der Waals surface area contributed by atoms with Gasteiger partial charge in [0.15, 0.2) is 0 Å². The quantitative estimate of drug-likeness (QED) is 0.0924. The highest BCUT2D eigenvalue weighted by atomic mass is 32.2. The maximum absolute atomic E-state index is 12.7. The normalized spacial score (nSPS) is 34.8. The Kier molecular flexibility index (Phi) is 9.34. The van der Waals surface area contributed by atoms with Crippen LogP contribution in [0.1, 0.15) is 117 Å². The molecule has 40 heavy (non-hydrogen) atoms. The second kappa shape index (κ2) is 12.6. The van der Waals surface area contributed by atoms with Gasteiger partial charge in [-0.2, -0.15) is 0 Å². The number of nitro benzene ring substituents is 1. The number of nitrogens with zero attached hydrogens (tertiary/aromatic N) is 1. The summed E-state index contributed by atoms with van der Waals surface area (Å²) in [7, 11) is 0. The molecule has 0 aliphatic heterocycles. The van der Waals surface area contributed by atoms with E-state index in [0.717, 1.165) is 42.9 Å². The first-order chi connectivity index (χ1) is 19.2. The molecule has 0 saturated heterocycles. The molecular weight excluding hydrogens is 518 g/mol. The number of nitro groups is 1. The summed E-state index contributed by atoms with van der Waals surface area (Å²) in [5.41, 5.74) is 2.41. The van der Waals surface area contributed by atoms with Gasteiger partial charge < -0.3 is 4.74 Å². The molecule has 0 bridgehead atoms. The van der Waals surface area contributed by atoms with Crippen LogP contribution >= 0.6 is 11.8 Å². The molecule has 0 aromatic heterocycles. The molecule has 4 aliphatic rings. The van der Waals surface area contributed by atoms with Crippen molar-refractivity contribution in [1.82, 2.24) is 0 Å². The van der Waals surface area contributed by atoms with Gasteiger partial charge >= 0.3 is 5.30 Å². The summed E-state index contributed by atoms with van der Waals surface area (Å²) < 4.78 is 5.50. The van der Waals surface area contributed by atoms with Gasteiger partial charge in [0.25, 0.3) is 5.69 Å². The SMILES string of the molecule is CCCCCCCC[C@@H]1CC[C@@H]2[C@H]3CC=C4C[C@@H](SC(=O)Oc5ccc([N+](=O)[O-])cc5)CC[C@]4(C)[C@@H]3CC[C@]12C. The van der Waals surface area contributed by atoms with E-state index < -0.39 is 4.92 Å². The first-order valence-corrected chi connectivity index (χ1v) is 16.9. The molecule has 5 rings (SSSR count). The number of unbranched alkanes of at least 4 members (excludes halogenated alkanes) is 5. The Morgan fingerprint density at radius 2 is 1.75 bits per heavy atom. The molecule has 220 valence electrons. The van der Waals surface area contributed by atoms with Gasteiger partial charge in [-0.25, -0.2) is 4.79 Å². The van der Waals surface area contributed by atoms with Gasteiger partial charge in [0.1, 0.15) is 5.75 Å². The largest absolute Gasteiger partial charge is 0.418 e. The lowest BCUT2D eigenvalue weighted by atomic mass is 9.47. The number of rotatable bonds is 10. The third-order valence-electron chi connectivity index (χ3n) is 11.7. The van der Waals surface area contributed by atoms with Crippen molar-refractivity contribution in [3.8, 4) is 5.75 Å². The summed E-state index contributed by atoms with van der Waals surface area (Å²) in [4.78, 5) is 23.1. The van der Waals surface area contributed by atoms with Gasteiger partial charge in [0.05, 0.1) is 4.92 Å². The van der Waals surface area contributed by atoms with E-state index in [9.17, 15) is 14.9 Å². The number of ether oxygens (including phenoxy) is 1. The lowest BCUT2D eigenvalue weighted by molar-refractivity contribution is -0.384. The lowest BCUT2D eigenvalue weighted by Gasteiger charge is -2.58. The van der Waals surface area contributed by atoms with E-state index in [2.05, 4.69) is 26.8 Å². The number of thioether (sulfide) groups is 1. The Labute approximate surface area is 245 Å². The van der Waals surface area contributed by atoms with Crippen LogP contribution in [0.25, 0.3) is 0 Å².